The van der Waals surface area contributed by atoms with E-state index in [4.69, 9.17) is 19.3 Å². The van der Waals surface area contributed by atoms with E-state index < -0.39 is 31.0 Å². The Labute approximate surface area is 89.4 Å². The van der Waals surface area contributed by atoms with Gasteiger partial charge in [0, 0.05) is 21.3 Å². The molecule has 0 bridgehead atoms. The van der Waals surface area contributed by atoms with Gasteiger partial charge < -0.3 is 29.5 Å². The third kappa shape index (κ3) is 4.42. The van der Waals surface area contributed by atoms with Gasteiger partial charge in [0.25, 0.3) is 0 Å². The highest BCUT2D eigenvalue weighted by atomic mass is 16.6. The van der Waals surface area contributed by atoms with Crippen LogP contribution in [0.5, 0.6) is 0 Å². The molecule has 4 atom stereocenters. The van der Waals surface area contributed by atoms with Crippen LogP contribution in [0, 0.1) is 0 Å². The van der Waals surface area contributed by atoms with E-state index in [1.165, 1.54) is 21.3 Å². The van der Waals surface area contributed by atoms with Crippen LogP contribution in [0.15, 0.2) is 0 Å². The molecular weight excluding hydrogens is 204 g/mol. The first-order valence-corrected chi connectivity index (χ1v) is 4.63. The Balaban J connectivity index is 4.44. The van der Waals surface area contributed by atoms with Crippen molar-refractivity contribution in [3.8, 4) is 0 Å². The third-order valence-electron chi connectivity index (χ3n) is 2.15. The minimum absolute atomic E-state index is 0.0660. The highest BCUT2D eigenvalue weighted by molar-refractivity contribution is 4.83. The fraction of sp³-hybridized carbons (Fsp3) is 1.00. The fourth-order valence-electron chi connectivity index (χ4n) is 1.39. The molecule has 6 nitrogen and oxygen atoms in total. The lowest BCUT2D eigenvalue weighted by atomic mass is 10.0. The van der Waals surface area contributed by atoms with Crippen molar-refractivity contribution in [1.82, 2.24) is 0 Å². The van der Waals surface area contributed by atoms with Crippen LogP contribution in [-0.4, -0.2) is 74.3 Å². The van der Waals surface area contributed by atoms with E-state index in [1.807, 2.05) is 0 Å². The van der Waals surface area contributed by atoms with E-state index in [9.17, 15) is 10.2 Å². The smallest absolute Gasteiger partial charge is 0.114 e. The van der Waals surface area contributed by atoms with Crippen molar-refractivity contribution < 1.29 is 29.5 Å². The average Bonchev–Trinajstić information content (AvgIpc) is 2.24. The summed E-state index contributed by atoms with van der Waals surface area (Å²) in [5.41, 5.74) is 0. The highest BCUT2D eigenvalue weighted by Gasteiger charge is 2.33. The van der Waals surface area contributed by atoms with Crippen molar-refractivity contribution >= 4 is 0 Å². The maximum Gasteiger partial charge on any atom is 0.114 e. The molecule has 0 rings (SSSR count). The predicted octanol–water partition coefficient (Wildman–Crippen LogP) is -1.62. The SMILES string of the molecule is COC[C@@H](O)[C@H](OC)[C@H](OC)[C@@H](O)CO. The summed E-state index contributed by atoms with van der Waals surface area (Å²) in [6, 6.07) is 0. The zero-order chi connectivity index (χ0) is 11.8. The summed E-state index contributed by atoms with van der Waals surface area (Å²) in [5.74, 6) is 0. The highest BCUT2D eigenvalue weighted by Crippen LogP contribution is 2.12. The lowest BCUT2D eigenvalue weighted by Crippen LogP contribution is -2.49. The second kappa shape index (κ2) is 7.98. The molecule has 0 saturated carbocycles. The molecule has 0 heterocycles. The van der Waals surface area contributed by atoms with Gasteiger partial charge in [-0.15, -0.1) is 0 Å². The molecule has 0 aliphatic heterocycles. The van der Waals surface area contributed by atoms with Crippen LogP contribution in [-0.2, 0) is 14.2 Å². The van der Waals surface area contributed by atoms with Crippen molar-refractivity contribution in [1.29, 1.82) is 0 Å². The maximum atomic E-state index is 9.63. The topological polar surface area (TPSA) is 88.4 Å². The quantitative estimate of drug-likeness (QED) is 0.459. The molecule has 0 unspecified atom stereocenters. The van der Waals surface area contributed by atoms with E-state index >= 15 is 0 Å². The third-order valence-corrected chi connectivity index (χ3v) is 2.15. The predicted molar refractivity (Wildman–Crippen MR) is 52.6 cm³/mol. The Morgan fingerprint density at radius 3 is 1.73 bits per heavy atom. The number of aliphatic hydroxyl groups is 3. The first-order valence-electron chi connectivity index (χ1n) is 4.63. The molecule has 0 amide bonds. The molecule has 0 spiro atoms. The molecule has 0 aliphatic carbocycles. The normalized spacial score (nSPS) is 19.6. The van der Waals surface area contributed by atoms with Gasteiger partial charge in [0.05, 0.1) is 13.2 Å². The summed E-state index contributed by atoms with van der Waals surface area (Å²) in [4.78, 5) is 0. The summed E-state index contributed by atoms with van der Waals surface area (Å²) in [5, 5.41) is 27.9. The number of ether oxygens (including phenoxy) is 3. The van der Waals surface area contributed by atoms with Crippen LogP contribution in [0.2, 0.25) is 0 Å². The summed E-state index contributed by atoms with van der Waals surface area (Å²) in [7, 11) is 4.20. The Morgan fingerprint density at radius 1 is 0.933 bits per heavy atom. The zero-order valence-corrected chi connectivity index (χ0v) is 9.29. The van der Waals surface area contributed by atoms with Gasteiger partial charge in [0.15, 0.2) is 0 Å². The van der Waals surface area contributed by atoms with Gasteiger partial charge in [-0.05, 0) is 0 Å². The summed E-state index contributed by atoms with van der Waals surface area (Å²) >= 11 is 0. The summed E-state index contributed by atoms with van der Waals surface area (Å²) < 4.78 is 14.8. The molecule has 15 heavy (non-hydrogen) atoms. The zero-order valence-electron chi connectivity index (χ0n) is 9.29. The van der Waals surface area contributed by atoms with Gasteiger partial charge in [-0.2, -0.15) is 0 Å². The van der Waals surface area contributed by atoms with Gasteiger partial charge in [0.2, 0.25) is 0 Å². The molecule has 0 fully saturated rings. The summed E-state index contributed by atoms with van der Waals surface area (Å²) in [6.45, 7) is -0.394. The number of hydrogen-bond donors (Lipinski definition) is 3. The van der Waals surface area contributed by atoms with Gasteiger partial charge in [0.1, 0.15) is 24.4 Å². The van der Waals surface area contributed by atoms with Gasteiger partial charge in [-0.1, -0.05) is 0 Å². The lowest BCUT2D eigenvalue weighted by Gasteiger charge is -2.30. The summed E-state index contributed by atoms with van der Waals surface area (Å²) in [6.07, 6.45) is -3.58. The van der Waals surface area contributed by atoms with E-state index in [2.05, 4.69) is 0 Å². The van der Waals surface area contributed by atoms with Gasteiger partial charge in [-0.25, -0.2) is 0 Å². The molecule has 0 aromatic carbocycles. The number of rotatable bonds is 8. The minimum atomic E-state index is -1.11. The Bertz CT molecular complexity index is 154. The molecule has 0 aliphatic rings. The molecular formula is C9H20O6. The van der Waals surface area contributed by atoms with Gasteiger partial charge >= 0.3 is 0 Å². The molecule has 0 radical (unpaired) electrons. The maximum absolute atomic E-state index is 9.63. The monoisotopic (exact) mass is 224 g/mol. The molecule has 3 N–H and O–H groups in total. The van der Waals surface area contributed by atoms with Crippen LogP contribution >= 0.6 is 0 Å². The number of methoxy groups -OCH3 is 3. The van der Waals surface area contributed by atoms with E-state index in [0.29, 0.717) is 0 Å². The molecule has 0 aromatic rings. The molecule has 0 aromatic heterocycles. The molecule has 92 valence electrons. The van der Waals surface area contributed by atoms with E-state index in [-0.39, 0.29) is 6.61 Å². The lowest BCUT2D eigenvalue weighted by molar-refractivity contribution is -0.151. The van der Waals surface area contributed by atoms with Crippen molar-refractivity contribution in [2.75, 3.05) is 34.5 Å². The second-order valence-electron chi connectivity index (χ2n) is 3.17. The van der Waals surface area contributed by atoms with Crippen LogP contribution in [0.25, 0.3) is 0 Å². The first-order chi connectivity index (χ1) is 7.12. The second-order valence-corrected chi connectivity index (χ2v) is 3.17. The fourth-order valence-corrected chi connectivity index (χ4v) is 1.39. The van der Waals surface area contributed by atoms with Crippen LogP contribution in [0.1, 0.15) is 0 Å². The number of hydrogen-bond acceptors (Lipinski definition) is 6. The largest absolute Gasteiger partial charge is 0.394 e. The molecule has 0 saturated heterocycles. The van der Waals surface area contributed by atoms with Crippen molar-refractivity contribution in [2.45, 2.75) is 24.4 Å². The van der Waals surface area contributed by atoms with Crippen molar-refractivity contribution in [3.05, 3.63) is 0 Å². The Kier molecular flexibility index (Phi) is 7.85. The molecule has 6 heteroatoms. The van der Waals surface area contributed by atoms with Crippen LogP contribution in [0.3, 0.4) is 0 Å². The van der Waals surface area contributed by atoms with E-state index in [1.54, 1.807) is 0 Å². The van der Waals surface area contributed by atoms with Gasteiger partial charge in [-0.3, -0.25) is 0 Å². The standard InChI is InChI=1S/C9H20O6/c1-13-5-7(12)9(15-3)8(14-2)6(11)4-10/h6-12H,4-5H2,1-3H3/t6-,7+,8+,9-/m0/s1. The minimum Gasteiger partial charge on any atom is -0.394 e. The average molecular weight is 224 g/mol. The van der Waals surface area contributed by atoms with Crippen LogP contribution in [0.4, 0.5) is 0 Å². The van der Waals surface area contributed by atoms with E-state index in [0.717, 1.165) is 0 Å². The van der Waals surface area contributed by atoms with Crippen LogP contribution < -0.4 is 0 Å². The Morgan fingerprint density at radius 2 is 1.40 bits per heavy atom. The number of aliphatic hydroxyl groups excluding tert-OH is 3. The Hall–Kier alpha value is -0.240. The first kappa shape index (κ1) is 14.8. The van der Waals surface area contributed by atoms with Crippen molar-refractivity contribution in [3.63, 3.8) is 0 Å². The van der Waals surface area contributed by atoms with Crippen molar-refractivity contribution in [2.24, 2.45) is 0 Å².